The summed E-state index contributed by atoms with van der Waals surface area (Å²) >= 11 is 0. The molecule has 0 unspecified atom stereocenters. The molecule has 1 saturated heterocycles. The second kappa shape index (κ2) is 5.89. The minimum atomic E-state index is 0.589. The van der Waals surface area contributed by atoms with E-state index in [4.69, 9.17) is 0 Å². The van der Waals surface area contributed by atoms with E-state index in [0.29, 0.717) is 6.04 Å². The van der Waals surface area contributed by atoms with Crippen LogP contribution >= 0.6 is 0 Å². The summed E-state index contributed by atoms with van der Waals surface area (Å²) in [6.07, 6.45) is 2.40. The highest BCUT2D eigenvalue weighted by Gasteiger charge is 2.22. The van der Waals surface area contributed by atoms with Crippen LogP contribution in [0.15, 0.2) is 60.7 Å². The second-order valence-electron chi connectivity index (χ2n) is 5.02. The number of nitrogens with one attached hydrogen (secondary N) is 1. The van der Waals surface area contributed by atoms with Crippen molar-refractivity contribution in [2.24, 2.45) is 0 Å². The van der Waals surface area contributed by atoms with Gasteiger partial charge < -0.3 is 10.2 Å². The van der Waals surface area contributed by atoms with Crippen LogP contribution in [0.4, 0.5) is 11.4 Å². The summed E-state index contributed by atoms with van der Waals surface area (Å²) in [6, 6.07) is 22.0. The van der Waals surface area contributed by atoms with Gasteiger partial charge in [0.1, 0.15) is 0 Å². The van der Waals surface area contributed by atoms with Gasteiger partial charge in [0.15, 0.2) is 0 Å². The minimum absolute atomic E-state index is 0.589. The highest BCUT2D eigenvalue weighted by molar-refractivity contribution is 5.64. The molecule has 1 fully saturated rings. The Morgan fingerprint density at radius 2 is 1.21 bits per heavy atom. The normalized spacial score (nSPS) is 16.2. The van der Waals surface area contributed by atoms with E-state index >= 15 is 0 Å². The van der Waals surface area contributed by atoms with E-state index in [1.54, 1.807) is 0 Å². The summed E-state index contributed by atoms with van der Waals surface area (Å²) in [6.45, 7) is 2.22. The average molecular weight is 252 g/mol. The van der Waals surface area contributed by atoms with Crippen LogP contribution in [0.5, 0.6) is 0 Å². The largest absolute Gasteiger partial charge is 0.338 e. The van der Waals surface area contributed by atoms with Crippen LogP contribution in [0.2, 0.25) is 0 Å². The van der Waals surface area contributed by atoms with Gasteiger partial charge in [-0.3, -0.25) is 0 Å². The molecule has 0 amide bonds. The van der Waals surface area contributed by atoms with E-state index in [9.17, 15) is 0 Å². The summed E-state index contributed by atoms with van der Waals surface area (Å²) in [5, 5.41) is 3.45. The van der Waals surface area contributed by atoms with Gasteiger partial charge in [0.2, 0.25) is 0 Å². The molecule has 0 aliphatic carbocycles. The van der Waals surface area contributed by atoms with Crippen molar-refractivity contribution >= 4 is 11.4 Å². The van der Waals surface area contributed by atoms with Gasteiger partial charge in [0.05, 0.1) is 0 Å². The first-order valence-electron chi connectivity index (χ1n) is 7.05. The zero-order valence-electron chi connectivity index (χ0n) is 11.1. The number of hydrogen-bond acceptors (Lipinski definition) is 2. The predicted molar refractivity (Wildman–Crippen MR) is 80.9 cm³/mol. The van der Waals surface area contributed by atoms with Crippen molar-refractivity contribution in [2.45, 2.75) is 18.9 Å². The van der Waals surface area contributed by atoms with Gasteiger partial charge >= 0.3 is 0 Å². The van der Waals surface area contributed by atoms with Gasteiger partial charge in [-0.1, -0.05) is 36.4 Å². The van der Waals surface area contributed by atoms with Gasteiger partial charge in [-0.15, -0.1) is 0 Å². The molecule has 19 heavy (non-hydrogen) atoms. The van der Waals surface area contributed by atoms with Gasteiger partial charge in [0.25, 0.3) is 0 Å². The highest BCUT2D eigenvalue weighted by Crippen LogP contribution is 2.30. The first-order chi connectivity index (χ1) is 9.45. The SMILES string of the molecule is c1ccc(N(c2ccccc2)C2CCNCC2)cc1. The van der Waals surface area contributed by atoms with Gasteiger partial charge in [-0.25, -0.2) is 0 Å². The molecule has 0 spiro atoms. The summed E-state index contributed by atoms with van der Waals surface area (Å²) in [4.78, 5) is 2.49. The van der Waals surface area contributed by atoms with Crippen molar-refractivity contribution in [3.8, 4) is 0 Å². The molecule has 0 bridgehead atoms. The number of para-hydroxylation sites is 2. The maximum Gasteiger partial charge on any atom is 0.0413 e. The predicted octanol–water partition coefficient (Wildman–Crippen LogP) is 3.58. The molecule has 0 atom stereocenters. The molecule has 3 rings (SSSR count). The van der Waals surface area contributed by atoms with Crippen LogP contribution in [-0.2, 0) is 0 Å². The fraction of sp³-hybridized carbons (Fsp3) is 0.294. The molecule has 2 aromatic carbocycles. The molecule has 1 N–H and O–H groups in total. The van der Waals surface area contributed by atoms with Crippen molar-refractivity contribution in [1.29, 1.82) is 0 Å². The Morgan fingerprint density at radius 1 is 0.737 bits per heavy atom. The quantitative estimate of drug-likeness (QED) is 0.898. The van der Waals surface area contributed by atoms with E-state index in [-0.39, 0.29) is 0 Å². The van der Waals surface area contributed by atoms with Gasteiger partial charge in [0, 0.05) is 17.4 Å². The lowest BCUT2D eigenvalue weighted by Crippen LogP contribution is -2.40. The first-order valence-corrected chi connectivity index (χ1v) is 7.05. The molecule has 2 heteroatoms. The third-order valence-corrected chi connectivity index (χ3v) is 3.74. The maximum atomic E-state index is 3.45. The summed E-state index contributed by atoms with van der Waals surface area (Å²) in [5.74, 6) is 0. The van der Waals surface area contributed by atoms with Crippen molar-refractivity contribution in [3.63, 3.8) is 0 Å². The lowest BCUT2D eigenvalue weighted by Gasteiger charge is -2.36. The third-order valence-electron chi connectivity index (χ3n) is 3.74. The number of benzene rings is 2. The van der Waals surface area contributed by atoms with E-state index in [1.165, 1.54) is 24.2 Å². The highest BCUT2D eigenvalue weighted by atomic mass is 15.2. The van der Waals surface area contributed by atoms with E-state index in [1.807, 2.05) is 0 Å². The zero-order chi connectivity index (χ0) is 12.9. The number of anilines is 2. The lowest BCUT2D eigenvalue weighted by molar-refractivity contribution is 0.452. The Morgan fingerprint density at radius 3 is 1.68 bits per heavy atom. The van der Waals surface area contributed by atoms with Crippen LogP contribution in [0, 0.1) is 0 Å². The van der Waals surface area contributed by atoms with Gasteiger partial charge in [-0.2, -0.15) is 0 Å². The summed E-state index contributed by atoms with van der Waals surface area (Å²) < 4.78 is 0. The van der Waals surface area contributed by atoms with E-state index < -0.39 is 0 Å². The molecule has 1 heterocycles. The van der Waals surface area contributed by atoms with Crippen molar-refractivity contribution in [1.82, 2.24) is 5.32 Å². The molecule has 98 valence electrons. The van der Waals surface area contributed by atoms with Crippen LogP contribution in [0.3, 0.4) is 0 Å². The van der Waals surface area contributed by atoms with Gasteiger partial charge in [-0.05, 0) is 50.2 Å². The smallest absolute Gasteiger partial charge is 0.0413 e. The molecule has 1 aliphatic heterocycles. The zero-order valence-corrected chi connectivity index (χ0v) is 11.1. The van der Waals surface area contributed by atoms with Crippen LogP contribution in [0.1, 0.15) is 12.8 Å². The molecule has 0 radical (unpaired) electrons. The summed E-state index contributed by atoms with van der Waals surface area (Å²) in [5.41, 5.74) is 2.58. The molecular formula is C17H20N2. The monoisotopic (exact) mass is 252 g/mol. The Balaban J connectivity index is 1.96. The molecule has 2 aromatic rings. The Labute approximate surface area is 115 Å². The van der Waals surface area contributed by atoms with E-state index in [2.05, 4.69) is 70.9 Å². The topological polar surface area (TPSA) is 15.3 Å². The van der Waals surface area contributed by atoms with Crippen LogP contribution < -0.4 is 10.2 Å². The van der Waals surface area contributed by atoms with Crippen molar-refractivity contribution < 1.29 is 0 Å². The fourth-order valence-corrected chi connectivity index (χ4v) is 2.81. The standard InChI is InChI=1S/C17H20N2/c1-3-7-15(8-4-1)19(16-9-5-2-6-10-16)17-11-13-18-14-12-17/h1-10,17-18H,11-14H2. The third kappa shape index (κ3) is 2.79. The molecule has 0 saturated carbocycles. The molecule has 0 aromatic heterocycles. The number of piperidine rings is 1. The van der Waals surface area contributed by atoms with Crippen molar-refractivity contribution in [2.75, 3.05) is 18.0 Å². The minimum Gasteiger partial charge on any atom is -0.338 e. The number of rotatable bonds is 3. The molecular weight excluding hydrogens is 232 g/mol. The maximum absolute atomic E-state index is 3.45. The van der Waals surface area contributed by atoms with Crippen molar-refractivity contribution in [3.05, 3.63) is 60.7 Å². The van der Waals surface area contributed by atoms with E-state index in [0.717, 1.165) is 13.1 Å². The van der Waals surface area contributed by atoms with Crippen LogP contribution in [-0.4, -0.2) is 19.1 Å². The number of hydrogen-bond donors (Lipinski definition) is 1. The first kappa shape index (κ1) is 12.2. The second-order valence-corrected chi connectivity index (χ2v) is 5.02. The Hall–Kier alpha value is -1.80. The van der Waals surface area contributed by atoms with Crippen LogP contribution in [0.25, 0.3) is 0 Å². The fourth-order valence-electron chi connectivity index (χ4n) is 2.81. The molecule has 2 nitrogen and oxygen atoms in total. The molecule has 1 aliphatic rings. The average Bonchev–Trinajstić information content (AvgIpc) is 2.51. The Kier molecular flexibility index (Phi) is 3.80. The summed E-state index contributed by atoms with van der Waals surface area (Å²) in [7, 11) is 0. The Bertz CT molecular complexity index is 450. The number of nitrogens with zero attached hydrogens (tertiary/aromatic N) is 1. The lowest BCUT2D eigenvalue weighted by atomic mass is 10.0.